The van der Waals surface area contributed by atoms with E-state index >= 15 is 0 Å². The van der Waals surface area contributed by atoms with E-state index in [1.807, 2.05) is 45.3 Å². The molecular formula is C22H21ClFN. The van der Waals surface area contributed by atoms with Gasteiger partial charge < -0.3 is 4.90 Å². The number of hydrogen-bond acceptors (Lipinski definition) is 1. The average Bonchev–Trinajstić information content (AvgIpc) is 2.54. The maximum Gasteiger partial charge on any atom is 0.123 e. The third-order valence-electron chi connectivity index (χ3n) is 4.21. The lowest BCUT2D eigenvalue weighted by atomic mass is 9.96. The summed E-state index contributed by atoms with van der Waals surface area (Å²) >= 11 is 6.53. The van der Waals surface area contributed by atoms with Gasteiger partial charge in [0.2, 0.25) is 0 Å². The molecule has 0 aromatic heterocycles. The Morgan fingerprint density at radius 1 is 0.880 bits per heavy atom. The van der Waals surface area contributed by atoms with Crippen molar-refractivity contribution < 1.29 is 4.39 Å². The van der Waals surface area contributed by atoms with Crippen LogP contribution in [0.4, 0.5) is 4.39 Å². The molecule has 3 aromatic carbocycles. The molecule has 0 aliphatic carbocycles. The molecule has 128 valence electrons. The van der Waals surface area contributed by atoms with Crippen LogP contribution in [0.1, 0.15) is 11.1 Å². The number of nitrogens with zero attached hydrogens (tertiary/aromatic N) is 1. The SMILES string of the molecule is Cc1cc(F)ccc1-c1cccc(-c2ccc(CN(C)C)cc2Cl)c1. The Morgan fingerprint density at radius 3 is 2.20 bits per heavy atom. The summed E-state index contributed by atoms with van der Waals surface area (Å²) < 4.78 is 13.4. The minimum atomic E-state index is -0.211. The number of hydrogen-bond donors (Lipinski definition) is 0. The van der Waals surface area contributed by atoms with Crippen molar-refractivity contribution in [1.29, 1.82) is 0 Å². The van der Waals surface area contributed by atoms with Gasteiger partial charge in [-0.2, -0.15) is 0 Å². The van der Waals surface area contributed by atoms with E-state index in [4.69, 9.17) is 11.6 Å². The van der Waals surface area contributed by atoms with Gasteiger partial charge in [0.25, 0.3) is 0 Å². The zero-order valence-electron chi connectivity index (χ0n) is 14.7. The van der Waals surface area contributed by atoms with Crippen LogP contribution in [-0.2, 0) is 6.54 Å². The van der Waals surface area contributed by atoms with Crippen molar-refractivity contribution >= 4 is 11.6 Å². The normalized spacial score (nSPS) is 11.1. The summed E-state index contributed by atoms with van der Waals surface area (Å²) in [6.07, 6.45) is 0. The van der Waals surface area contributed by atoms with Crippen molar-refractivity contribution in [3.63, 3.8) is 0 Å². The van der Waals surface area contributed by atoms with Gasteiger partial charge in [0.1, 0.15) is 5.82 Å². The van der Waals surface area contributed by atoms with Crippen LogP contribution in [0.2, 0.25) is 5.02 Å². The van der Waals surface area contributed by atoms with E-state index in [2.05, 4.69) is 29.2 Å². The topological polar surface area (TPSA) is 3.24 Å². The minimum Gasteiger partial charge on any atom is -0.305 e. The fourth-order valence-corrected chi connectivity index (χ4v) is 3.37. The molecule has 0 saturated heterocycles. The van der Waals surface area contributed by atoms with Gasteiger partial charge in [0.05, 0.1) is 0 Å². The Balaban J connectivity index is 1.99. The van der Waals surface area contributed by atoms with Crippen molar-refractivity contribution in [2.45, 2.75) is 13.5 Å². The first-order chi connectivity index (χ1) is 11.9. The molecule has 0 aliphatic rings. The highest BCUT2D eigenvalue weighted by Gasteiger charge is 2.08. The van der Waals surface area contributed by atoms with Gasteiger partial charge in [0.15, 0.2) is 0 Å². The van der Waals surface area contributed by atoms with Gasteiger partial charge in [-0.05, 0) is 73.1 Å². The van der Waals surface area contributed by atoms with Crippen molar-refractivity contribution in [2.24, 2.45) is 0 Å². The molecule has 0 N–H and O–H groups in total. The van der Waals surface area contributed by atoms with E-state index in [-0.39, 0.29) is 5.82 Å². The Hall–Kier alpha value is -2.16. The third-order valence-corrected chi connectivity index (χ3v) is 4.52. The first-order valence-corrected chi connectivity index (χ1v) is 8.62. The number of aryl methyl sites for hydroxylation is 1. The first kappa shape index (κ1) is 17.7. The molecule has 0 saturated carbocycles. The molecule has 0 aliphatic heterocycles. The van der Waals surface area contributed by atoms with Crippen LogP contribution in [0.3, 0.4) is 0 Å². The molecule has 0 heterocycles. The quantitative estimate of drug-likeness (QED) is 0.541. The number of halogens is 2. The first-order valence-electron chi connectivity index (χ1n) is 8.24. The Morgan fingerprint density at radius 2 is 1.56 bits per heavy atom. The lowest BCUT2D eigenvalue weighted by molar-refractivity contribution is 0.402. The van der Waals surface area contributed by atoms with Gasteiger partial charge in [-0.25, -0.2) is 4.39 Å². The number of rotatable bonds is 4. The maximum absolute atomic E-state index is 13.4. The van der Waals surface area contributed by atoms with Crippen molar-refractivity contribution in [1.82, 2.24) is 4.90 Å². The van der Waals surface area contributed by atoms with Crippen molar-refractivity contribution in [2.75, 3.05) is 14.1 Å². The Bertz CT molecular complexity index is 902. The van der Waals surface area contributed by atoms with Crippen LogP contribution in [0.5, 0.6) is 0 Å². The fraction of sp³-hybridized carbons (Fsp3) is 0.182. The minimum absolute atomic E-state index is 0.211. The molecule has 3 aromatic rings. The maximum atomic E-state index is 13.4. The summed E-state index contributed by atoms with van der Waals surface area (Å²) in [6, 6.07) is 19.3. The van der Waals surface area contributed by atoms with Gasteiger partial charge in [-0.15, -0.1) is 0 Å². The monoisotopic (exact) mass is 353 g/mol. The molecule has 3 heteroatoms. The Labute approximate surface area is 153 Å². The van der Waals surface area contributed by atoms with Gasteiger partial charge in [-0.3, -0.25) is 0 Å². The highest BCUT2D eigenvalue weighted by molar-refractivity contribution is 6.33. The fourth-order valence-electron chi connectivity index (χ4n) is 3.06. The molecule has 0 atom stereocenters. The van der Waals surface area contributed by atoms with Crippen LogP contribution in [0.15, 0.2) is 60.7 Å². The second-order valence-corrected chi connectivity index (χ2v) is 7.00. The highest BCUT2D eigenvalue weighted by Crippen LogP contribution is 2.33. The number of benzene rings is 3. The van der Waals surface area contributed by atoms with Crippen LogP contribution < -0.4 is 0 Å². The Kier molecular flexibility index (Phi) is 5.22. The molecule has 0 radical (unpaired) electrons. The van der Waals surface area contributed by atoms with E-state index in [1.165, 1.54) is 11.6 Å². The van der Waals surface area contributed by atoms with E-state index in [0.29, 0.717) is 0 Å². The molecule has 25 heavy (non-hydrogen) atoms. The molecule has 0 fully saturated rings. The molecule has 0 unspecified atom stereocenters. The summed E-state index contributed by atoms with van der Waals surface area (Å²) in [5.41, 5.74) is 6.26. The largest absolute Gasteiger partial charge is 0.305 e. The van der Waals surface area contributed by atoms with Crippen LogP contribution in [0.25, 0.3) is 22.3 Å². The van der Waals surface area contributed by atoms with Gasteiger partial charge in [-0.1, -0.05) is 48.0 Å². The molecule has 3 rings (SSSR count). The van der Waals surface area contributed by atoms with Crippen LogP contribution >= 0.6 is 11.6 Å². The molecular weight excluding hydrogens is 333 g/mol. The molecule has 0 spiro atoms. The summed E-state index contributed by atoms with van der Waals surface area (Å²) in [7, 11) is 4.08. The molecule has 0 amide bonds. The zero-order chi connectivity index (χ0) is 18.0. The molecule has 0 bridgehead atoms. The second kappa shape index (κ2) is 7.38. The molecule has 1 nitrogen and oxygen atoms in total. The third kappa shape index (κ3) is 4.09. The van der Waals surface area contributed by atoms with E-state index in [9.17, 15) is 4.39 Å². The highest BCUT2D eigenvalue weighted by atomic mass is 35.5. The lowest BCUT2D eigenvalue weighted by Crippen LogP contribution is -2.10. The van der Waals surface area contributed by atoms with Crippen molar-refractivity contribution in [3.8, 4) is 22.3 Å². The summed E-state index contributed by atoms with van der Waals surface area (Å²) in [5.74, 6) is -0.211. The average molecular weight is 354 g/mol. The summed E-state index contributed by atoms with van der Waals surface area (Å²) in [4.78, 5) is 2.11. The van der Waals surface area contributed by atoms with Gasteiger partial charge >= 0.3 is 0 Å². The predicted molar refractivity (Wildman–Crippen MR) is 104 cm³/mol. The van der Waals surface area contributed by atoms with E-state index in [0.717, 1.165) is 39.4 Å². The zero-order valence-corrected chi connectivity index (χ0v) is 15.4. The van der Waals surface area contributed by atoms with Crippen LogP contribution in [-0.4, -0.2) is 19.0 Å². The standard InChI is InChI=1S/C22H21ClFN/c1-15-11-19(24)8-10-20(15)17-5-4-6-18(13-17)21-9-7-16(12-22(21)23)14-25(2)3/h4-13H,14H2,1-3H3. The van der Waals surface area contributed by atoms with Crippen LogP contribution in [0, 0.1) is 12.7 Å². The summed E-state index contributed by atoms with van der Waals surface area (Å²) in [6.45, 7) is 2.78. The smallest absolute Gasteiger partial charge is 0.123 e. The second-order valence-electron chi connectivity index (χ2n) is 6.59. The van der Waals surface area contributed by atoms with Crippen molar-refractivity contribution in [3.05, 3.63) is 82.6 Å². The lowest BCUT2D eigenvalue weighted by Gasteiger charge is -2.13. The predicted octanol–water partition coefficient (Wildman–Crippen LogP) is 6.18. The van der Waals surface area contributed by atoms with E-state index < -0.39 is 0 Å². The summed E-state index contributed by atoms with van der Waals surface area (Å²) in [5, 5.41) is 0.743. The van der Waals surface area contributed by atoms with E-state index in [1.54, 1.807) is 6.07 Å². The van der Waals surface area contributed by atoms with Gasteiger partial charge in [0, 0.05) is 17.1 Å².